The topological polar surface area (TPSA) is 51.5 Å². The maximum absolute atomic E-state index is 13.3. The van der Waals surface area contributed by atoms with Crippen LogP contribution in [0.5, 0.6) is 0 Å². The summed E-state index contributed by atoms with van der Waals surface area (Å²) in [7, 11) is 0. The first-order valence-electron chi connectivity index (χ1n) is 8.93. The molecule has 1 aromatic heterocycles. The molecule has 0 N–H and O–H groups in total. The molecule has 27 heavy (non-hydrogen) atoms. The highest BCUT2D eigenvalue weighted by atomic mass is 35.5. The van der Waals surface area contributed by atoms with Crippen molar-refractivity contribution >= 4 is 34.5 Å². The highest BCUT2D eigenvalue weighted by molar-refractivity contribution is 6.31. The summed E-state index contributed by atoms with van der Waals surface area (Å²) in [5.74, 6) is -0.116. The summed E-state index contributed by atoms with van der Waals surface area (Å²) >= 11 is 6.21. The van der Waals surface area contributed by atoms with Crippen LogP contribution >= 0.6 is 11.6 Å². The van der Waals surface area contributed by atoms with Gasteiger partial charge in [-0.05, 0) is 49.2 Å². The molecule has 3 aromatic rings. The number of hydrogen-bond donors (Lipinski definition) is 0. The van der Waals surface area contributed by atoms with Gasteiger partial charge in [0.25, 0.3) is 5.91 Å². The number of amides is 1. The minimum atomic E-state index is -0.356. The van der Waals surface area contributed by atoms with E-state index in [1.807, 2.05) is 30.3 Å². The van der Waals surface area contributed by atoms with Crippen LogP contribution in [0.2, 0.25) is 5.02 Å². The van der Waals surface area contributed by atoms with E-state index in [2.05, 4.69) is 0 Å². The van der Waals surface area contributed by atoms with Crippen molar-refractivity contribution in [1.82, 2.24) is 9.47 Å². The summed E-state index contributed by atoms with van der Waals surface area (Å²) in [5, 5.41) is 1.59. The third kappa shape index (κ3) is 3.08. The Morgan fingerprint density at radius 2 is 1.93 bits per heavy atom. The maximum atomic E-state index is 13.3. The van der Waals surface area contributed by atoms with Crippen molar-refractivity contribution in [2.24, 2.45) is 0 Å². The SMILES string of the molecule is CCOC(=O)N1CCc2c(n(C(=O)c3ccccc3)c3ccc(Cl)cc23)C1. The van der Waals surface area contributed by atoms with Crippen molar-refractivity contribution < 1.29 is 14.3 Å². The molecule has 6 heteroatoms. The average Bonchev–Trinajstić information content (AvgIpc) is 3.01. The molecular formula is C21H19ClN2O3. The number of rotatable bonds is 2. The second kappa shape index (κ2) is 7.08. The van der Waals surface area contributed by atoms with Gasteiger partial charge in [-0.1, -0.05) is 29.8 Å². The fraction of sp³-hybridized carbons (Fsp3) is 0.238. The van der Waals surface area contributed by atoms with Gasteiger partial charge in [0.05, 0.1) is 18.7 Å². The molecule has 0 spiro atoms. The molecule has 1 aliphatic heterocycles. The number of benzene rings is 2. The van der Waals surface area contributed by atoms with Crippen LogP contribution in [-0.2, 0) is 17.7 Å². The van der Waals surface area contributed by atoms with E-state index in [1.54, 1.807) is 34.6 Å². The molecule has 0 radical (unpaired) electrons. The highest BCUT2D eigenvalue weighted by Gasteiger charge is 2.29. The Morgan fingerprint density at radius 3 is 2.67 bits per heavy atom. The summed E-state index contributed by atoms with van der Waals surface area (Å²) in [6, 6.07) is 14.7. The van der Waals surface area contributed by atoms with E-state index in [0.717, 1.165) is 22.2 Å². The highest BCUT2D eigenvalue weighted by Crippen LogP contribution is 2.33. The average molecular weight is 383 g/mol. The van der Waals surface area contributed by atoms with Crippen LogP contribution in [0.15, 0.2) is 48.5 Å². The van der Waals surface area contributed by atoms with Crippen LogP contribution in [0.25, 0.3) is 10.9 Å². The lowest BCUT2D eigenvalue weighted by Gasteiger charge is -2.27. The molecule has 2 aromatic carbocycles. The quantitative estimate of drug-likeness (QED) is 0.655. The van der Waals surface area contributed by atoms with Crippen molar-refractivity contribution in [2.45, 2.75) is 19.9 Å². The summed E-state index contributed by atoms with van der Waals surface area (Å²) < 4.78 is 6.86. The molecule has 0 atom stereocenters. The first-order valence-corrected chi connectivity index (χ1v) is 9.31. The molecule has 0 saturated carbocycles. The normalized spacial score (nSPS) is 13.5. The van der Waals surface area contributed by atoms with Gasteiger partial charge in [0.1, 0.15) is 0 Å². The maximum Gasteiger partial charge on any atom is 0.410 e. The van der Waals surface area contributed by atoms with Gasteiger partial charge in [-0.15, -0.1) is 0 Å². The zero-order chi connectivity index (χ0) is 19.0. The monoisotopic (exact) mass is 382 g/mol. The predicted molar refractivity (Wildman–Crippen MR) is 104 cm³/mol. The van der Waals surface area contributed by atoms with E-state index in [0.29, 0.717) is 36.7 Å². The lowest BCUT2D eigenvalue weighted by molar-refractivity contribution is 0.0927. The summed E-state index contributed by atoms with van der Waals surface area (Å²) in [6.07, 6.45) is 0.296. The molecule has 0 fully saturated rings. The lowest BCUT2D eigenvalue weighted by Crippen LogP contribution is -2.37. The van der Waals surface area contributed by atoms with Gasteiger partial charge < -0.3 is 9.64 Å². The number of carbonyl (C=O) groups is 2. The fourth-order valence-electron chi connectivity index (χ4n) is 3.64. The second-order valence-corrected chi connectivity index (χ2v) is 6.90. The van der Waals surface area contributed by atoms with E-state index >= 15 is 0 Å². The van der Waals surface area contributed by atoms with Crippen LogP contribution < -0.4 is 0 Å². The second-order valence-electron chi connectivity index (χ2n) is 6.46. The molecule has 5 nitrogen and oxygen atoms in total. The van der Waals surface area contributed by atoms with E-state index in [4.69, 9.17) is 16.3 Å². The fourth-order valence-corrected chi connectivity index (χ4v) is 3.82. The number of hydrogen-bond acceptors (Lipinski definition) is 3. The third-order valence-electron chi connectivity index (χ3n) is 4.87. The summed E-state index contributed by atoms with van der Waals surface area (Å²) in [4.78, 5) is 27.1. The van der Waals surface area contributed by atoms with Gasteiger partial charge in [0.15, 0.2) is 0 Å². The van der Waals surface area contributed by atoms with Gasteiger partial charge in [0.2, 0.25) is 0 Å². The molecule has 4 rings (SSSR count). The van der Waals surface area contributed by atoms with Gasteiger partial charge in [0, 0.05) is 28.2 Å². The van der Waals surface area contributed by atoms with Gasteiger partial charge >= 0.3 is 6.09 Å². The Bertz CT molecular complexity index is 1030. The Balaban J connectivity index is 1.87. The van der Waals surface area contributed by atoms with Crippen LogP contribution in [0, 0.1) is 0 Å². The molecule has 0 saturated heterocycles. The zero-order valence-corrected chi connectivity index (χ0v) is 15.7. The minimum Gasteiger partial charge on any atom is -0.450 e. The minimum absolute atomic E-state index is 0.116. The Morgan fingerprint density at radius 1 is 1.15 bits per heavy atom. The Kier molecular flexibility index (Phi) is 4.62. The molecule has 2 heterocycles. The van der Waals surface area contributed by atoms with Gasteiger partial charge in [-0.2, -0.15) is 0 Å². The number of carbonyl (C=O) groups excluding carboxylic acids is 2. The van der Waals surface area contributed by atoms with E-state index in [-0.39, 0.29) is 12.0 Å². The number of ether oxygens (including phenoxy) is 1. The van der Waals surface area contributed by atoms with Crippen LogP contribution in [0.3, 0.4) is 0 Å². The predicted octanol–water partition coefficient (Wildman–Crippen LogP) is 4.50. The van der Waals surface area contributed by atoms with Crippen molar-refractivity contribution in [3.8, 4) is 0 Å². The largest absolute Gasteiger partial charge is 0.450 e. The summed E-state index contributed by atoms with van der Waals surface area (Å²) in [6.45, 7) is 2.99. The smallest absolute Gasteiger partial charge is 0.410 e. The summed E-state index contributed by atoms with van der Waals surface area (Å²) in [5.41, 5.74) is 3.29. The molecule has 138 valence electrons. The number of fused-ring (bicyclic) bond motifs is 3. The van der Waals surface area contributed by atoms with Crippen molar-refractivity contribution in [2.75, 3.05) is 13.2 Å². The Hall–Kier alpha value is -2.79. The third-order valence-corrected chi connectivity index (χ3v) is 5.10. The molecular weight excluding hydrogens is 364 g/mol. The molecule has 1 aliphatic rings. The first kappa shape index (κ1) is 17.6. The Labute approximate surface area is 162 Å². The molecule has 0 aliphatic carbocycles. The van der Waals surface area contributed by atoms with Crippen molar-refractivity contribution in [3.05, 3.63) is 70.4 Å². The van der Waals surface area contributed by atoms with E-state index in [9.17, 15) is 9.59 Å². The number of halogens is 1. The lowest BCUT2D eigenvalue weighted by atomic mass is 10.0. The number of aromatic nitrogens is 1. The first-order chi connectivity index (χ1) is 13.1. The van der Waals surface area contributed by atoms with E-state index in [1.165, 1.54) is 0 Å². The van der Waals surface area contributed by atoms with E-state index < -0.39 is 0 Å². The van der Waals surface area contributed by atoms with Crippen LogP contribution in [0.1, 0.15) is 28.5 Å². The van der Waals surface area contributed by atoms with Crippen LogP contribution in [0.4, 0.5) is 4.79 Å². The van der Waals surface area contributed by atoms with Crippen LogP contribution in [-0.4, -0.2) is 34.6 Å². The van der Waals surface area contributed by atoms with Crippen molar-refractivity contribution in [1.29, 1.82) is 0 Å². The molecule has 0 unspecified atom stereocenters. The molecule has 1 amide bonds. The van der Waals surface area contributed by atoms with Gasteiger partial charge in [-0.25, -0.2) is 4.79 Å². The zero-order valence-electron chi connectivity index (χ0n) is 14.9. The number of nitrogens with zero attached hydrogens (tertiary/aromatic N) is 2. The molecule has 0 bridgehead atoms. The van der Waals surface area contributed by atoms with Crippen molar-refractivity contribution in [3.63, 3.8) is 0 Å². The van der Waals surface area contributed by atoms with Gasteiger partial charge in [-0.3, -0.25) is 9.36 Å². The standard InChI is InChI=1S/C21H19ClN2O3/c1-2-27-21(26)23-11-10-16-17-12-15(22)8-9-18(17)24(19(16)13-23)20(25)14-6-4-3-5-7-14/h3-9,12H,2,10-11,13H2,1H3.